The number of nitriles is 2. The fourth-order valence-corrected chi connectivity index (χ4v) is 5.65. The Labute approximate surface area is 178 Å². The van der Waals surface area contributed by atoms with Crippen molar-refractivity contribution in [3.8, 4) is 12.1 Å². The Morgan fingerprint density at radius 3 is 1.38 bits per heavy atom. The van der Waals surface area contributed by atoms with Gasteiger partial charge < -0.3 is 0 Å². The highest BCUT2D eigenvalue weighted by molar-refractivity contribution is 14.1. The molecule has 0 saturated heterocycles. The van der Waals surface area contributed by atoms with Gasteiger partial charge in [-0.1, -0.05) is 24.3 Å². The average molecular weight is 556 g/mol. The molecule has 0 heterocycles. The smallest absolute Gasteiger partial charge is 0.100 e. The van der Waals surface area contributed by atoms with Crippen LogP contribution in [0.1, 0.15) is 56.3 Å². The predicted octanol–water partition coefficient (Wildman–Crippen LogP) is 5.63. The van der Waals surface area contributed by atoms with E-state index in [9.17, 15) is 10.5 Å². The maximum Gasteiger partial charge on any atom is 0.100 e. The van der Waals surface area contributed by atoms with E-state index in [0.29, 0.717) is 0 Å². The normalized spacial score (nSPS) is 18.3. The van der Waals surface area contributed by atoms with Gasteiger partial charge >= 0.3 is 0 Å². The second kappa shape index (κ2) is 5.80. The van der Waals surface area contributed by atoms with Gasteiger partial charge in [-0.2, -0.15) is 10.5 Å². The van der Waals surface area contributed by atoms with Crippen molar-refractivity contribution in [3.63, 3.8) is 0 Å². The first-order valence-electron chi connectivity index (χ1n) is 8.19. The second-order valence-electron chi connectivity index (χ2n) is 6.64. The van der Waals surface area contributed by atoms with Crippen molar-refractivity contribution in [2.24, 2.45) is 0 Å². The quantitative estimate of drug-likeness (QED) is 0.233. The monoisotopic (exact) mass is 556 g/mol. The first kappa shape index (κ1) is 16.3. The van der Waals surface area contributed by atoms with E-state index in [4.69, 9.17) is 0 Å². The molecule has 6 rings (SSSR count). The number of hydrogen-bond donors (Lipinski definition) is 0. The Balaban J connectivity index is 1.90. The highest BCUT2D eigenvalue weighted by Crippen LogP contribution is 2.56. The highest BCUT2D eigenvalue weighted by Gasteiger charge is 2.42. The van der Waals surface area contributed by atoms with Crippen LogP contribution in [0.4, 0.5) is 0 Å². The van der Waals surface area contributed by atoms with E-state index in [1.807, 2.05) is 0 Å². The van der Waals surface area contributed by atoms with E-state index in [-0.39, 0.29) is 11.8 Å². The van der Waals surface area contributed by atoms with Crippen LogP contribution in [0, 0.1) is 29.8 Å². The molecule has 3 aromatic rings. The van der Waals surface area contributed by atoms with Crippen LogP contribution in [0.25, 0.3) is 0 Å². The molecule has 2 bridgehead atoms. The molecule has 0 N–H and O–H groups in total. The Morgan fingerprint density at radius 2 is 1.00 bits per heavy atom. The molecular formula is C22H10I2N2. The third-order valence-corrected chi connectivity index (χ3v) is 7.23. The molecule has 26 heavy (non-hydrogen) atoms. The molecule has 3 aliphatic carbocycles. The van der Waals surface area contributed by atoms with E-state index in [1.54, 1.807) is 0 Å². The van der Waals surface area contributed by atoms with Crippen LogP contribution >= 0.6 is 45.2 Å². The van der Waals surface area contributed by atoms with Crippen molar-refractivity contribution in [1.29, 1.82) is 10.5 Å². The molecular weight excluding hydrogens is 546 g/mol. The number of nitrogens with zero attached hydrogens (tertiary/aromatic N) is 2. The standard InChI is InChI=1S/C22H10I2N2/c23-19-7-17-16(6-12(19)10-26)22-14-4-2-1-3-13(14)21(17)15-5-11(9-25)20(24)8-18(15)22/h1-8,21-22H. The molecule has 0 amide bonds. The first-order valence-corrected chi connectivity index (χ1v) is 10.4. The molecule has 4 heteroatoms. The first-order chi connectivity index (χ1) is 12.6. The number of halogens is 2. The van der Waals surface area contributed by atoms with Gasteiger partial charge in [-0.25, -0.2) is 0 Å². The number of rotatable bonds is 0. The van der Waals surface area contributed by atoms with Crippen molar-refractivity contribution >= 4 is 45.2 Å². The largest absolute Gasteiger partial charge is 0.192 e. The third kappa shape index (κ3) is 2.06. The Kier molecular flexibility index (Phi) is 3.63. The molecule has 0 aromatic heterocycles. The lowest BCUT2D eigenvalue weighted by Crippen LogP contribution is -2.28. The van der Waals surface area contributed by atoms with Crippen LogP contribution in [0.15, 0.2) is 48.5 Å². The molecule has 2 atom stereocenters. The zero-order valence-electron chi connectivity index (χ0n) is 13.4. The van der Waals surface area contributed by atoms with Gasteiger partial charge in [0.1, 0.15) is 12.1 Å². The van der Waals surface area contributed by atoms with Gasteiger partial charge in [0.2, 0.25) is 0 Å². The van der Waals surface area contributed by atoms with Crippen molar-refractivity contribution < 1.29 is 0 Å². The molecule has 0 aliphatic heterocycles. The predicted molar refractivity (Wildman–Crippen MR) is 116 cm³/mol. The Hall–Kier alpha value is -1.90. The zero-order chi connectivity index (χ0) is 18.0. The van der Waals surface area contributed by atoms with Crippen molar-refractivity contribution in [2.45, 2.75) is 11.8 Å². The van der Waals surface area contributed by atoms with Crippen LogP contribution < -0.4 is 0 Å². The lowest BCUT2D eigenvalue weighted by Gasteiger charge is -2.42. The van der Waals surface area contributed by atoms with E-state index in [1.165, 1.54) is 33.4 Å². The molecule has 0 radical (unpaired) electrons. The Bertz CT molecular complexity index is 1100. The van der Waals surface area contributed by atoms with Gasteiger partial charge in [0.25, 0.3) is 0 Å². The summed E-state index contributed by atoms with van der Waals surface area (Å²) in [5, 5.41) is 19.0. The average Bonchev–Trinajstić information content (AvgIpc) is 2.66. The van der Waals surface area contributed by atoms with Gasteiger partial charge in [0, 0.05) is 19.0 Å². The maximum absolute atomic E-state index is 9.50. The van der Waals surface area contributed by atoms with E-state index in [0.717, 1.165) is 18.3 Å². The van der Waals surface area contributed by atoms with Gasteiger partial charge in [-0.15, -0.1) is 0 Å². The van der Waals surface area contributed by atoms with Crippen molar-refractivity contribution in [1.82, 2.24) is 0 Å². The van der Waals surface area contributed by atoms with Gasteiger partial charge in [0.15, 0.2) is 0 Å². The summed E-state index contributed by atoms with van der Waals surface area (Å²) in [5.41, 5.74) is 9.13. The third-order valence-electron chi connectivity index (χ3n) is 5.45. The minimum absolute atomic E-state index is 0.131. The molecule has 122 valence electrons. The van der Waals surface area contributed by atoms with Gasteiger partial charge in [0.05, 0.1) is 11.1 Å². The van der Waals surface area contributed by atoms with Crippen LogP contribution in [-0.4, -0.2) is 0 Å². The topological polar surface area (TPSA) is 47.6 Å². The molecule has 3 aliphatic rings. The van der Waals surface area contributed by atoms with Crippen molar-refractivity contribution in [2.75, 3.05) is 0 Å². The van der Waals surface area contributed by atoms with Gasteiger partial charge in [-0.3, -0.25) is 0 Å². The molecule has 3 aromatic carbocycles. The second-order valence-corrected chi connectivity index (χ2v) is 8.96. The molecule has 0 fully saturated rings. The SMILES string of the molecule is N#Cc1cc2c(cc1I)C1c3ccccc3C2c2cc(I)c(C#N)cc21. The molecule has 0 spiro atoms. The van der Waals surface area contributed by atoms with E-state index >= 15 is 0 Å². The summed E-state index contributed by atoms with van der Waals surface area (Å²) >= 11 is 4.50. The minimum Gasteiger partial charge on any atom is -0.192 e. The molecule has 0 saturated carbocycles. The number of benzene rings is 3. The summed E-state index contributed by atoms with van der Waals surface area (Å²) in [5.74, 6) is 0.262. The van der Waals surface area contributed by atoms with Crippen LogP contribution in [0.5, 0.6) is 0 Å². The van der Waals surface area contributed by atoms with Crippen LogP contribution in [0.3, 0.4) is 0 Å². The Morgan fingerprint density at radius 1 is 0.615 bits per heavy atom. The lowest BCUT2D eigenvalue weighted by molar-refractivity contribution is 0.751. The fraction of sp³-hybridized carbons (Fsp3) is 0.0909. The number of hydrogen-bond acceptors (Lipinski definition) is 2. The van der Waals surface area contributed by atoms with E-state index < -0.39 is 0 Å². The maximum atomic E-state index is 9.50. The summed E-state index contributed by atoms with van der Waals surface area (Å²) in [6.07, 6.45) is 0. The summed E-state index contributed by atoms with van der Waals surface area (Å²) in [6, 6.07) is 21.7. The van der Waals surface area contributed by atoms with E-state index in [2.05, 4.69) is 106 Å². The van der Waals surface area contributed by atoms with Crippen molar-refractivity contribution in [3.05, 3.63) is 100 Å². The van der Waals surface area contributed by atoms with Gasteiger partial charge in [-0.05, 0) is 103 Å². The van der Waals surface area contributed by atoms with Crippen LogP contribution in [0.2, 0.25) is 0 Å². The molecule has 2 unspecified atom stereocenters. The fourth-order valence-electron chi connectivity index (χ4n) is 4.42. The minimum atomic E-state index is 0.131. The summed E-state index contributed by atoms with van der Waals surface area (Å²) in [4.78, 5) is 0. The zero-order valence-corrected chi connectivity index (χ0v) is 17.7. The lowest BCUT2D eigenvalue weighted by atomic mass is 9.61. The van der Waals surface area contributed by atoms with Crippen LogP contribution in [-0.2, 0) is 0 Å². The summed E-state index contributed by atoms with van der Waals surface area (Å²) in [6.45, 7) is 0. The molecule has 2 nitrogen and oxygen atoms in total. The summed E-state index contributed by atoms with van der Waals surface area (Å²) in [7, 11) is 0. The highest BCUT2D eigenvalue weighted by atomic mass is 127. The summed E-state index contributed by atoms with van der Waals surface area (Å²) < 4.78 is 1.97.